The number of anilines is 1. The summed E-state index contributed by atoms with van der Waals surface area (Å²) in [4.78, 5) is 27.8. The fraction of sp³-hybridized carbons (Fsp3) is 0.176. The first kappa shape index (κ1) is 16.6. The Morgan fingerprint density at radius 1 is 1.15 bits per heavy atom. The molecule has 0 aliphatic carbocycles. The van der Waals surface area contributed by atoms with Crippen molar-refractivity contribution in [2.24, 2.45) is 5.92 Å². The first-order chi connectivity index (χ1) is 13.0. The molecule has 10 nitrogen and oxygen atoms in total. The lowest BCUT2D eigenvalue weighted by molar-refractivity contribution is -0.118. The fourth-order valence-corrected chi connectivity index (χ4v) is 2.63. The van der Waals surface area contributed by atoms with Gasteiger partial charge in [-0.3, -0.25) is 10.1 Å². The number of pyridine rings is 1. The first-order valence-electron chi connectivity index (χ1n) is 8.20. The van der Waals surface area contributed by atoms with Crippen LogP contribution in [0.15, 0.2) is 36.4 Å². The average molecular weight is 365 g/mol. The van der Waals surface area contributed by atoms with E-state index in [1.165, 1.54) is 10.6 Å². The molecule has 0 saturated heterocycles. The van der Waals surface area contributed by atoms with E-state index in [1.54, 1.807) is 24.6 Å². The second-order valence-corrected chi connectivity index (χ2v) is 6.21. The van der Waals surface area contributed by atoms with Crippen molar-refractivity contribution in [2.75, 3.05) is 5.32 Å². The number of aromatic carboxylic acids is 1. The van der Waals surface area contributed by atoms with Crippen LogP contribution in [0.25, 0.3) is 22.4 Å². The third kappa shape index (κ3) is 2.76. The van der Waals surface area contributed by atoms with Gasteiger partial charge in [0, 0.05) is 5.92 Å². The summed E-state index contributed by atoms with van der Waals surface area (Å²) in [5.74, 6) is -1.68. The quantitative estimate of drug-likeness (QED) is 0.564. The molecule has 0 bridgehead atoms. The number of hydrogen-bond donors (Lipinski definition) is 2. The molecule has 136 valence electrons. The van der Waals surface area contributed by atoms with Gasteiger partial charge < -0.3 is 5.11 Å². The molecule has 1 amide bonds. The van der Waals surface area contributed by atoms with Crippen molar-refractivity contribution in [3.63, 3.8) is 0 Å². The highest BCUT2D eigenvalue weighted by atomic mass is 16.4. The van der Waals surface area contributed by atoms with Crippen molar-refractivity contribution < 1.29 is 14.7 Å². The number of aromatic nitrogens is 6. The standard InChI is InChI=1S/C17H15N7O3/c1-9(2)15(25)19-17-18-14-12(7-8-13(16(26)27)24(14)21-17)23-11-6-4-3-5-10(11)20-22-23/h3-9H,1-2H3,(H,26,27)(H,19,21,25). The number of carbonyl (C=O) groups is 2. The summed E-state index contributed by atoms with van der Waals surface area (Å²) in [6.07, 6.45) is 0. The Kier molecular flexibility index (Phi) is 3.80. The summed E-state index contributed by atoms with van der Waals surface area (Å²) >= 11 is 0. The summed E-state index contributed by atoms with van der Waals surface area (Å²) in [6, 6.07) is 10.4. The van der Waals surface area contributed by atoms with Crippen molar-refractivity contribution in [3.8, 4) is 5.69 Å². The topological polar surface area (TPSA) is 127 Å². The molecule has 4 rings (SSSR count). The Morgan fingerprint density at radius 3 is 2.67 bits per heavy atom. The van der Waals surface area contributed by atoms with Crippen LogP contribution in [0.2, 0.25) is 0 Å². The summed E-state index contributed by atoms with van der Waals surface area (Å²) in [6.45, 7) is 3.47. The number of para-hydroxylation sites is 1. The van der Waals surface area contributed by atoms with Gasteiger partial charge in [-0.2, -0.15) is 4.98 Å². The number of hydrogen-bond acceptors (Lipinski definition) is 6. The van der Waals surface area contributed by atoms with Gasteiger partial charge in [0.25, 0.3) is 0 Å². The molecule has 0 unspecified atom stereocenters. The number of amides is 1. The number of carboxylic acids is 1. The van der Waals surface area contributed by atoms with E-state index in [2.05, 4.69) is 25.7 Å². The monoisotopic (exact) mass is 365 g/mol. The Labute approximate surface area is 152 Å². The zero-order valence-corrected chi connectivity index (χ0v) is 14.5. The van der Waals surface area contributed by atoms with E-state index in [-0.39, 0.29) is 29.1 Å². The number of nitrogens with zero attached hydrogens (tertiary/aromatic N) is 6. The largest absolute Gasteiger partial charge is 0.477 e. The Hall–Kier alpha value is -3.82. The fourth-order valence-electron chi connectivity index (χ4n) is 2.63. The van der Waals surface area contributed by atoms with Crippen LogP contribution in [0.5, 0.6) is 0 Å². The summed E-state index contributed by atoms with van der Waals surface area (Å²) in [5.41, 5.74) is 2.07. The highest BCUT2D eigenvalue weighted by Crippen LogP contribution is 2.22. The second-order valence-electron chi connectivity index (χ2n) is 6.21. The maximum absolute atomic E-state index is 12.0. The van der Waals surface area contributed by atoms with Gasteiger partial charge in [-0.25, -0.2) is 14.0 Å². The van der Waals surface area contributed by atoms with E-state index in [9.17, 15) is 14.7 Å². The highest BCUT2D eigenvalue weighted by molar-refractivity contribution is 5.91. The second kappa shape index (κ2) is 6.16. The Bertz CT molecular complexity index is 1190. The minimum absolute atomic E-state index is 0.0214. The van der Waals surface area contributed by atoms with Gasteiger partial charge in [-0.1, -0.05) is 31.2 Å². The van der Waals surface area contributed by atoms with Crippen molar-refractivity contribution in [1.29, 1.82) is 0 Å². The molecule has 0 aliphatic heterocycles. The van der Waals surface area contributed by atoms with Gasteiger partial charge in [-0.05, 0) is 24.3 Å². The zero-order valence-electron chi connectivity index (χ0n) is 14.5. The van der Waals surface area contributed by atoms with Gasteiger partial charge in [-0.15, -0.1) is 10.2 Å². The van der Waals surface area contributed by atoms with Gasteiger partial charge in [0.2, 0.25) is 11.9 Å². The number of fused-ring (bicyclic) bond motifs is 2. The molecule has 2 N–H and O–H groups in total. The minimum atomic E-state index is -1.17. The number of carboxylic acid groups (broad SMARTS) is 1. The number of benzene rings is 1. The van der Waals surface area contributed by atoms with E-state index >= 15 is 0 Å². The van der Waals surface area contributed by atoms with Gasteiger partial charge in [0.1, 0.15) is 11.2 Å². The van der Waals surface area contributed by atoms with Crippen LogP contribution in [0.1, 0.15) is 24.3 Å². The zero-order chi connectivity index (χ0) is 19.1. The molecule has 0 saturated carbocycles. The van der Waals surface area contributed by atoms with Crippen LogP contribution < -0.4 is 5.32 Å². The van der Waals surface area contributed by atoms with E-state index < -0.39 is 5.97 Å². The molecule has 4 aromatic rings. The molecule has 3 heterocycles. The third-order valence-corrected chi connectivity index (χ3v) is 4.02. The smallest absolute Gasteiger partial charge is 0.354 e. The lowest BCUT2D eigenvalue weighted by Gasteiger charge is -2.05. The molecule has 10 heteroatoms. The highest BCUT2D eigenvalue weighted by Gasteiger charge is 2.20. The maximum Gasteiger partial charge on any atom is 0.354 e. The van der Waals surface area contributed by atoms with Crippen LogP contribution in [0.3, 0.4) is 0 Å². The Balaban J connectivity index is 1.93. The normalized spacial score (nSPS) is 11.4. The minimum Gasteiger partial charge on any atom is -0.477 e. The van der Waals surface area contributed by atoms with Gasteiger partial charge in [0.15, 0.2) is 11.3 Å². The summed E-state index contributed by atoms with van der Waals surface area (Å²) < 4.78 is 2.73. The van der Waals surface area contributed by atoms with Crippen molar-refractivity contribution in [3.05, 3.63) is 42.1 Å². The molecule has 1 aromatic carbocycles. The van der Waals surface area contributed by atoms with Crippen molar-refractivity contribution in [2.45, 2.75) is 13.8 Å². The molecule has 0 aliphatic rings. The first-order valence-corrected chi connectivity index (χ1v) is 8.20. The van der Waals surface area contributed by atoms with Gasteiger partial charge in [0.05, 0.1) is 5.52 Å². The lowest BCUT2D eigenvalue weighted by Crippen LogP contribution is -2.18. The molecular formula is C17H15N7O3. The van der Waals surface area contributed by atoms with Crippen LogP contribution in [0, 0.1) is 5.92 Å². The predicted octanol–water partition coefficient (Wildman–Crippen LogP) is 1.76. The maximum atomic E-state index is 12.0. The third-order valence-electron chi connectivity index (χ3n) is 4.02. The van der Waals surface area contributed by atoms with E-state index in [1.807, 2.05) is 24.3 Å². The number of carbonyl (C=O) groups excluding carboxylic acids is 1. The average Bonchev–Trinajstić information content (AvgIpc) is 3.24. The molecule has 0 atom stereocenters. The molecule has 0 radical (unpaired) electrons. The number of nitrogens with one attached hydrogen (secondary N) is 1. The van der Waals surface area contributed by atoms with Crippen LogP contribution in [-0.4, -0.2) is 46.6 Å². The summed E-state index contributed by atoms with van der Waals surface area (Å²) in [5, 5.41) is 24.4. The van der Waals surface area contributed by atoms with Crippen LogP contribution in [-0.2, 0) is 4.79 Å². The van der Waals surface area contributed by atoms with Gasteiger partial charge >= 0.3 is 5.97 Å². The predicted molar refractivity (Wildman–Crippen MR) is 95.8 cm³/mol. The molecule has 0 spiro atoms. The molecule has 27 heavy (non-hydrogen) atoms. The van der Waals surface area contributed by atoms with Crippen LogP contribution in [0.4, 0.5) is 5.95 Å². The Morgan fingerprint density at radius 2 is 1.93 bits per heavy atom. The number of rotatable bonds is 4. The summed E-state index contributed by atoms with van der Waals surface area (Å²) in [7, 11) is 0. The SMILES string of the molecule is CC(C)C(=O)Nc1nc2c(-n3nnc4ccccc43)ccc(C(=O)O)n2n1. The molecule has 3 aromatic heterocycles. The van der Waals surface area contributed by atoms with E-state index in [0.717, 1.165) is 5.52 Å². The van der Waals surface area contributed by atoms with Crippen molar-refractivity contribution >= 4 is 34.5 Å². The molecule has 0 fully saturated rings. The lowest BCUT2D eigenvalue weighted by atomic mass is 10.2. The van der Waals surface area contributed by atoms with E-state index in [0.29, 0.717) is 11.2 Å². The van der Waals surface area contributed by atoms with Crippen LogP contribution >= 0.6 is 0 Å². The van der Waals surface area contributed by atoms with Crippen molar-refractivity contribution in [1.82, 2.24) is 29.6 Å². The molecular weight excluding hydrogens is 350 g/mol. The van der Waals surface area contributed by atoms with E-state index in [4.69, 9.17) is 0 Å².